The second-order valence-electron chi connectivity index (χ2n) is 6.77. The predicted molar refractivity (Wildman–Crippen MR) is 85.7 cm³/mol. The Bertz CT molecular complexity index is 423. The Kier molecular flexibility index (Phi) is 6.00. The van der Waals surface area contributed by atoms with Gasteiger partial charge in [-0.25, -0.2) is 4.39 Å². The minimum absolute atomic E-state index is 0.0267. The number of anilines is 1. The van der Waals surface area contributed by atoms with Gasteiger partial charge in [0, 0.05) is 31.4 Å². The van der Waals surface area contributed by atoms with E-state index in [-0.39, 0.29) is 11.4 Å². The first-order valence-corrected chi connectivity index (χ1v) is 7.47. The van der Waals surface area contributed by atoms with Gasteiger partial charge in [-0.2, -0.15) is 0 Å². The lowest BCUT2D eigenvalue weighted by atomic mass is 10.1. The molecule has 1 unspecified atom stereocenters. The van der Waals surface area contributed by atoms with Crippen molar-refractivity contribution in [1.29, 1.82) is 0 Å². The van der Waals surface area contributed by atoms with E-state index in [1.807, 2.05) is 6.07 Å². The summed E-state index contributed by atoms with van der Waals surface area (Å²) in [6.45, 7) is 12.5. The largest absolute Gasteiger partial charge is 0.374 e. The summed E-state index contributed by atoms with van der Waals surface area (Å²) in [4.78, 5) is 2.23. The monoisotopic (exact) mass is 280 g/mol. The Hall–Kier alpha value is -1.09. The van der Waals surface area contributed by atoms with Gasteiger partial charge in [0.1, 0.15) is 5.82 Å². The van der Waals surface area contributed by atoms with Gasteiger partial charge in [-0.1, -0.05) is 20.3 Å². The molecule has 0 amide bonds. The van der Waals surface area contributed by atoms with Gasteiger partial charge in [0.05, 0.1) is 0 Å². The average molecular weight is 280 g/mol. The van der Waals surface area contributed by atoms with Crippen molar-refractivity contribution in [1.82, 2.24) is 5.32 Å². The molecule has 0 spiro atoms. The Labute approximate surface area is 123 Å². The van der Waals surface area contributed by atoms with Crippen LogP contribution in [-0.4, -0.2) is 19.1 Å². The molecule has 0 aliphatic carbocycles. The van der Waals surface area contributed by atoms with Crippen LogP contribution in [0.25, 0.3) is 0 Å². The van der Waals surface area contributed by atoms with Gasteiger partial charge in [-0.05, 0) is 50.5 Å². The van der Waals surface area contributed by atoms with Crippen LogP contribution < -0.4 is 10.2 Å². The molecule has 0 bridgehead atoms. The highest BCUT2D eigenvalue weighted by Gasteiger charge is 2.14. The zero-order chi connectivity index (χ0) is 15.3. The fraction of sp³-hybridized carbons (Fsp3) is 0.647. The average Bonchev–Trinajstić information content (AvgIpc) is 2.35. The summed E-state index contributed by atoms with van der Waals surface area (Å²) in [6.07, 6.45) is 1.15. The van der Waals surface area contributed by atoms with E-state index < -0.39 is 0 Å². The standard InChI is InChI=1S/C17H29FN2/c1-7-13(2)12-20(6)16-9-8-15(18)10-14(16)11-19-17(3,4)5/h8-10,13,19H,7,11-12H2,1-6H3. The maximum atomic E-state index is 13.5. The van der Waals surface area contributed by atoms with Crippen molar-refractivity contribution in [3.05, 3.63) is 29.6 Å². The minimum atomic E-state index is -0.170. The van der Waals surface area contributed by atoms with E-state index in [0.29, 0.717) is 12.5 Å². The van der Waals surface area contributed by atoms with Crippen LogP contribution in [0.5, 0.6) is 0 Å². The van der Waals surface area contributed by atoms with Crippen molar-refractivity contribution in [2.24, 2.45) is 5.92 Å². The van der Waals surface area contributed by atoms with Gasteiger partial charge >= 0.3 is 0 Å². The molecule has 1 N–H and O–H groups in total. The van der Waals surface area contributed by atoms with Crippen LogP contribution >= 0.6 is 0 Å². The molecule has 20 heavy (non-hydrogen) atoms. The molecule has 0 radical (unpaired) electrons. The number of nitrogens with zero attached hydrogens (tertiary/aromatic N) is 1. The minimum Gasteiger partial charge on any atom is -0.374 e. The van der Waals surface area contributed by atoms with E-state index in [1.165, 1.54) is 0 Å². The molecule has 3 heteroatoms. The molecule has 0 saturated carbocycles. The van der Waals surface area contributed by atoms with Crippen molar-refractivity contribution in [3.63, 3.8) is 0 Å². The maximum Gasteiger partial charge on any atom is 0.123 e. The van der Waals surface area contributed by atoms with Crippen molar-refractivity contribution in [2.75, 3.05) is 18.5 Å². The molecule has 2 nitrogen and oxygen atoms in total. The van der Waals surface area contributed by atoms with Gasteiger partial charge in [0.2, 0.25) is 0 Å². The van der Waals surface area contributed by atoms with Crippen LogP contribution in [0, 0.1) is 11.7 Å². The summed E-state index contributed by atoms with van der Waals surface area (Å²) in [5.74, 6) is 0.463. The molecule has 0 aliphatic heterocycles. The topological polar surface area (TPSA) is 15.3 Å². The molecule has 114 valence electrons. The zero-order valence-corrected chi connectivity index (χ0v) is 13.8. The van der Waals surface area contributed by atoms with Crippen LogP contribution in [0.3, 0.4) is 0 Å². The summed E-state index contributed by atoms with van der Waals surface area (Å²) < 4.78 is 13.5. The third-order valence-corrected chi connectivity index (χ3v) is 3.54. The lowest BCUT2D eigenvalue weighted by Crippen LogP contribution is -2.35. The predicted octanol–water partition coefficient (Wildman–Crippen LogP) is 4.20. The summed E-state index contributed by atoms with van der Waals surface area (Å²) in [5, 5.41) is 3.43. The van der Waals surface area contributed by atoms with Crippen LogP contribution in [0.2, 0.25) is 0 Å². The van der Waals surface area contributed by atoms with Crippen molar-refractivity contribution in [2.45, 2.75) is 53.1 Å². The van der Waals surface area contributed by atoms with Gasteiger partial charge < -0.3 is 10.2 Å². The molecule has 1 aromatic carbocycles. The van der Waals surface area contributed by atoms with E-state index in [9.17, 15) is 4.39 Å². The van der Waals surface area contributed by atoms with Gasteiger partial charge in [0.15, 0.2) is 0 Å². The first kappa shape index (κ1) is 17.0. The number of nitrogens with one attached hydrogen (secondary N) is 1. The lowest BCUT2D eigenvalue weighted by Gasteiger charge is -2.27. The fourth-order valence-electron chi connectivity index (χ4n) is 2.12. The highest BCUT2D eigenvalue weighted by atomic mass is 19.1. The highest BCUT2D eigenvalue weighted by Crippen LogP contribution is 2.22. The fourth-order valence-corrected chi connectivity index (χ4v) is 2.12. The van der Waals surface area contributed by atoms with E-state index in [0.717, 1.165) is 24.2 Å². The van der Waals surface area contributed by atoms with Gasteiger partial charge in [0.25, 0.3) is 0 Å². The molecular formula is C17H29FN2. The molecular weight excluding hydrogens is 251 g/mol. The summed E-state index contributed by atoms with van der Waals surface area (Å²) >= 11 is 0. The number of rotatable bonds is 6. The molecule has 0 heterocycles. The van der Waals surface area contributed by atoms with E-state index in [2.05, 4.69) is 51.9 Å². The Morgan fingerprint density at radius 2 is 1.95 bits per heavy atom. The van der Waals surface area contributed by atoms with Gasteiger partial charge in [-0.15, -0.1) is 0 Å². The summed E-state index contributed by atoms with van der Waals surface area (Å²) in [5.41, 5.74) is 2.16. The van der Waals surface area contributed by atoms with Crippen molar-refractivity contribution < 1.29 is 4.39 Å². The lowest BCUT2D eigenvalue weighted by molar-refractivity contribution is 0.423. The molecule has 0 aromatic heterocycles. The van der Waals surface area contributed by atoms with E-state index in [1.54, 1.807) is 12.1 Å². The highest BCUT2D eigenvalue weighted by molar-refractivity contribution is 5.53. The third kappa shape index (κ3) is 5.49. The normalized spacial score (nSPS) is 13.3. The van der Waals surface area contributed by atoms with Crippen LogP contribution in [0.4, 0.5) is 10.1 Å². The Morgan fingerprint density at radius 3 is 2.50 bits per heavy atom. The smallest absolute Gasteiger partial charge is 0.123 e. The molecule has 0 fully saturated rings. The second kappa shape index (κ2) is 7.07. The quantitative estimate of drug-likeness (QED) is 0.840. The molecule has 1 rings (SSSR count). The number of halogens is 1. The summed E-state index contributed by atoms with van der Waals surface area (Å²) in [6, 6.07) is 5.07. The molecule has 1 aromatic rings. The SMILES string of the molecule is CCC(C)CN(C)c1ccc(F)cc1CNC(C)(C)C. The third-order valence-electron chi connectivity index (χ3n) is 3.54. The molecule has 0 saturated heterocycles. The first-order valence-electron chi connectivity index (χ1n) is 7.47. The summed E-state index contributed by atoms with van der Waals surface area (Å²) in [7, 11) is 2.08. The molecule has 1 atom stereocenters. The second-order valence-corrected chi connectivity index (χ2v) is 6.77. The van der Waals surface area contributed by atoms with Crippen molar-refractivity contribution in [3.8, 4) is 0 Å². The van der Waals surface area contributed by atoms with E-state index >= 15 is 0 Å². The van der Waals surface area contributed by atoms with Crippen LogP contribution in [-0.2, 0) is 6.54 Å². The zero-order valence-electron chi connectivity index (χ0n) is 13.8. The number of hydrogen-bond acceptors (Lipinski definition) is 2. The maximum absolute atomic E-state index is 13.5. The van der Waals surface area contributed by atoms with Crippen molar-refractivity contribution >= 4 is 5.69 Å². The van der Waals surface area contributed by atoms with Gasteiger partial charge in [-0.3, -0.25) is 0 Å². The Balaban J connectivity index is 2.89. The van der Waals surface area contributed by atoms with Crippen LogP contribution in [0.15, 0.2) is 18.2 Å². The van der Waals surface area contributed by atoms with Crippen LogP contribution in [0.1, 0.15) is 46.6 Å². The van der Waals surface area contributed by atoms with E-state index in [4.69, 9.17) is 0 Å². The Morgan fingerprint density at radius 1 is 1.30 bits per heavy atom. The molecule has 0 aliphatic rings. The number of benzene rings is 1. The first-order chi connectivity index (χ1) is 9.23. The number of hydrogen-bond donors (Lipinski definition) is 1.